The highest BCUT2D eigenvalue weighted by atomic mass is 16.3. The van der Waals surface area contributed by atoms with Crippen LogP contribution in [0.3, 0.4) is 0 Å². The Morgan fingerprint density at radius 2 is 2.00 bits per heavy atom. The van der Waals surface area contributed by atoms with Crippen LogP contribution in [-0.2, 0) is 0 Å². The van der Waals surface area contributed by atoms with E-state index in [1.54, 1.807) is 0 Å². The van der Waals surface area contributed by atoms with E-state index in [9.17, 15) is 4.79 Å². The Morgan fingerprint density at radius 3 is 2.67 bits per heavy atom. The van der Waals surface area contributed by atoms with Gasteiger partial charge in [-0.1, -0.05) is 26.2 Å². The number of aliphatic hydroxyl groups is 1. The van der Waals surface area contributed by atoms with Crippen molar-refractivity contribution in [3.05, 3.63) is 0 Å². The minimum Gasteiger partial charge on any atom is -0.394 e. The second-order valence-electron chi connectivity index (χ2n) is 6.53. The Hall–Kier alpha value is -0.810. The van der Waals surface area contributed by atoms with E-state index >= 15 is 0 Å². The van der Waals surface area contributed by atoms with Crippen LogP contribution in [0.15, 0.2) is 0 Å². The van der Waals surface area contributed by atoms with Crippen molar-refractivity contribution in [2.45, 2.75) is 76.4 Å². The molecule has 122 valence electrons. The van der Waals surface area contributed by atoms with Crippen LogP contribution >= 0.6 is 0 Å². The molecule has 2 fully saturated rings. The maximum Gasteiger partial charge on any atom is 0.315 e. The van der Waals surface area contributed by atoms with Crippen molar-refractivity contribution in [3.63, 3.8) is 0 Å². The van der Waals surface area contributed by atoms with E-state index in [-0.39, 0.29) is 24.7 Å². The second kappa shape index (κ2) is 8.59. The lowest BCUT2D eigenvalue weighted by molar-refractivity contribution is 0.111. The third kappa shape index (κ3) is 5.15. The second-order valence-corrected chi connectivity index (χ2v) is 6.53. The first kappa shape index (κ1) is 16.6. The monoisotopic (exact) mass is 297 g/mol. The summed E-state index contributed by atoms with van der Waals surface area (Å²) in [5.41, 5.74) is 0. The number of hydrogen-bond acceptors (Lipinski definition) is 3. The fourth-order valence-corrected chi connectivity index (χ4v) is 3.59. The van der Waals surface area contributed by atoms with E-state index in [4.69, 9.17) is 5.11 Å². The molecule has 2 amide bonds. The Kier molecular flexibility index (Phi) is 6.77. The number of piperidine rings is 1. The van der Waals surface area contributed by atoms with E-state index in [0.717, 1.165) is 25.4 Å². The average molecular weight is 297 g/mol. The maximum absolute atomic E-state index is 12.0. The van der Waals surface area contributed by atoms with Crippen molar-refractivity contribution in [1.82, 2.24) is 15.5 Å². The van der Waals surface area contributed by atoms with Gasteiger partial charge in [0, 0.05) is 18.6 Å². The highest BCUT2D eigenvalue weighted by Crippen LogP contribution is 2.25. The molecule has 2 rings (SSSR count). The van der Waals surface area contributed by atoms with Crippen LogP contribution in [0.1, 0.15) is 58.3 Å². The lowest BCUT2D eigenvalue weighted by atomic mass is 9.92. The zero-order valence-corrected chi connectivity index (χ0v) is 13.3. The Bertz CT molecular complexity index is 315. The quantitative estimate of drug-likeness (QED) is 0.725. The van der Waals surface area contributed by atoms with Gasteiger partial charge in [0.05, 0.1) is 12.6 Å². The first-order valence-electron chi connectivity index (χ1n) is 8.64. The molecule has 3 N–H and O–H groups in total. The molecule has 21 heavy (non-hydrogen) atoms. The molecule has 5 nitrogen and oxygen atoms in total. The molecule has 0 unspecified atom stereocenters. The van der Waals surface area contributed by atoms with Crippen LogP contribution in [0.5, 0.6) is 0 Å². The predicted molar refractivity (Wildman–Crippen MR) is 84.3 cm³/mol. The van der Waals surface area contributed by atoms with Gasteiger partial charge in [0.25, 0.3) is 0 Å². The molecule has 5 heteroatoms. The fraction of sp³-hybridized carbons (Fsp3) is 0.938. The van der Waals surface area contributed by atoms with Crippen molar-refractivity contribution < 1.29 is 9.90 Å². The lowest BCUT2D eigenvalue weighted by Crippen LogP contribution is -2.54. The molecule has 1 saturated heterocycles. The highest BCUT2D eigenvalue weighted by molar-refractivity contribution is 5.74. The van der Waals surface area contributed by atoms with Gasteiger partial charge < -0.3 is 15.7 Å². The summed E-state index contributed by atoms with van der Waals surface area (Å²) in [4.78, 5) is 14.6. The molecule has 1 aliphatic carbocycles. The van der Waals surface area contributed by atoms with Crippen LogP contribution in [0, 0.1) is 0 Å². The van der Waals surface area contributed by atoms with Crippen molar-refractivity contribution in [1.29, 1.82) is 0 Å². The largest absolute Gasteiger partial charge is 0.394 e. The average Bonchev–Trinajstić information content (AvgIpc) is 2.53. The molecule has 0 radical (unpaired) electrons. The minimum atomic E-state index is -0.136. The predicted octanol–water partition coefficient (Wildman–Crippen LogP) is 1.85. The molecule has 2 atom stereocenters. The topological polar surface area (TPSA) is 64.6 Å². The summed E-state index contributed by atoms with van der Waals surface area (Å²) in [6.45, 7) is 4.13. The highest BCUT2D eigenvalue weighted by Gasteiger charge is 2.27. The van der Waals surface area contributed by atoms with E-state index in [2.05, 4.69) is 15.5 Å². The minimum absolute atomic E-state index is 0.00276. The van der Waals surface area contributed by atoms with Crippen molar-refractivity contribution >= 4 is 6.03 Å². The number of aliphatic hydroxyl groups excluding tert-OH is 1. The smallest absolute Gasteiger partial charge is 0.315 e. The number of urea groups is 1. The Labute approximate surface area is 128 Å². The molecular formula is C16H31N3O2. The summed E-state index contributed by atoms with van der Waals surface area (Å²) in [7, 11) is 0. The first-order valence-corrected chi connectivity index (χ1v) is 8.64. The molecule has 0 aromatic heterocycles. The van der Waals surface area contributed by atoms with E-state index in [1.165, 1.54) is 45.1 Å². The van der Waals surface area contributed by atoms with Crippen LogP contribution < -0.4 is 10.6 Å². The molecule has 0 bridgehead atoms. The molecule has 0 spiro atoms. The van der Waals surface area contributed by atoms with Gasteiger partial charge in [-0.25, -0.2) is 4.79 Å². The van der Waals surface area contributed by atoms with Crippen LogP contribution in [0.4, 0.5) is 4.79 Å². The van der Waals surface area contributed by atoms with Crippen LogP contribution in [-0.4, -0.2) is 53.9 Å². The number of rotatable bonds is 5. The first-order chi connectivity index (χ1) is 10.2. The van der Waals surface area contributed by atoms with E-state index in [1.807, 2.05) is 6.92 Å². The number of carbonyl (C=O) groups is 1. The Balaban J connectivity index is 1.76. The third-order valence-electron chi connectivity index (χ3n) is 4.93. The standard InChI is InChI=1S/C16H31N3O2/c1-2-13(12-20)17-16(21)18-14-7-6-10-19(11-14)15-8-4-3-5-9-15/h13-15,20H,2-12H2,1H3,(H2,17,18,21)/t13-,14+/m0/s1. The maximum atomic E-state index is 12.0. The number of hydrogen-bond donors (Lipinski definition) is 3. The third-order valence-corrected chi connectivity index (χ3v) is 4.93. The van der Waals surface area contributed by atoms with Crippen molar-refractivity contribution in [2.24, 2.45) is 0 Å². The van der Waals surface area contributed by atoms with E-state index < -0.39 is 0 Å². The molecule has 1 saturated carbocycles. The molecular weight excluding hydrogens is 266 g/mol. The molecule has 1 heterocycles. The van der Waals surface area contributed by atoms with Gasteiger partial charge in [-0.15, -0.1) is 0 Å². The molecule has 2 aliphatic rings. The lowest BCUT2D eigenvalue weighted by Gasteiger charge is -2.40. The number of nitrogens with zero attached hydrogens (tertiary/aromatic N) is 1. The normalized spacial score (nSPS) is 26.3. The summed E-state index contributed by atoms with van der Waals surface area (Å²) in [5.74, 6) is 0. The van der Waals surface area contributed by atoms with Gasteiger partial charge in [-0.3, -0.25) is 4.90 Å². The summed E-state index contributed by atoms with van der Waals surface area (Å²) < 4.78 is 0. The van der Waals surface area contributed by atoms with Gasteiger partial charge in [-0.2, -0.15) is 0 Å². The number of amides is 2. The van der Waals surface area contributed by atoms with Crippen LogP contribution in [0.2, 0.25) is 0 Å². The van der Waals surface area contributed by atoms with Gasteiger partial charge in [0.2, 0.25) is 0 Å². The number of carbonyl (C=O) groups excluding carboxylic acids is 1. The van der Waals surface area contributed by atoms with Crippen molar-refractivity contribution in [2.75, 3.05) is 19.7 Å². The van der Waals surface area contributed by atoms with Gasteiger partial charge in [0.1, 0.15) is 0 Å². The molecule has 1 aliphatic heterocycles. The van der Waals surface area contributed by atoms with Gasteiger partial charge >= 0.3 is 6.03 Å². The van der Waals surface area contributed by atoms with Gasteiger partial charge in [0.15, 0.2) is 0 Å². The molecule has 0 aromatic rings. The van der Waals surface area contributed by atoms with Gasteiger partial charge in [-0.05, 0) is 38.6 Å². The van der Waals surface area contributed by atoms with Crippen LogP contribution in [0.25, 0.3) is 0 Å². The molecule has 0 aromatic carbocycles. The summed E-state index contributed by atoms with van der Waals surface area (Å²) in [6, 6.07) is 0.707. The number of nitrogens with one attached hydrogen (secondary N) is 2. The fourth-order valence-electron chi connectivity index (χ4n) is 3.59. The Morgan fingerprint density at radius 1 is 1.24 bits per heavy atom. The number of likely N-dealkylation sites (tertiary alicyclic amines) is 1. The van der Waals surface area contributed by atoms with E-state index in [0.29, 0.717) is 0 Å². The zero-order valence-electron chi connectivity index (χ0n) is 13.3. The van der Waals surface area contributed by atoms with Crippen molar-refractivity contribution in [3.8, 4) is 0 Å². The summed E-state index contributed by atoms with van der Waals surface area (Å²) in [5, 5.41) is 15.1. The summed E-state index contributed by atoms with van der Waals surface area (Å²) in [6.07, 6.45) is 9.72. The SMILES string of the molecule is CC[C@@H](CO)NC(=O)N[C@@H]1CCCN(C2CCCCC2)C1. The zero-order chi connectivity index (χ0) is 15.1. The summed E-state index contributed by atoms with van der Waals surface area (Å²) >= 11 is 0.